The van der Waals surface area contributed by atoms with E-state index in [0.717, 1.165) is 13.1 Å². The lowest BCUT2D eigenvalue weighted by atomic mass is 10.1. The molecule has 29 heavy (non-hydrogen) atoms. The molecule has 2 rings (SSSR count). The molecule has 0 aliphatic carbocycles. The van der Waals surface area contributed by atoms with Crippen LogP contribution < -0.4 is 0 Å². The van der Waals surface area contributed by atoms with Crippen molar-refractivity contribution in [3.63, 3.8) is 0 Å². The molecule has 0 radical (unpaired) electrons. The maximum absolute atomic E-state index is 10.8. The molecule has 0 bridgehead atoms. The van der Waals surface area contributed by atoms with E-state index in [0.29, 0.717) is 6.61 Å². The summed E-state index contributed by atoms with van der Waals surface area (Å²) in [5, 5.41) is 10.9. The quantitative estimate of drug-likeness (QED) is 0.386. The van der Waals surface area contributed by atoms with Gasteiger partial charge in [0.05, 0.1) is 18.8 Å². The number of nitrogens with zero attached hydrogens (tertiary/aromatic N) is 1. The summed E-state index contributed by atoms with van der Waals surface area (Å²) >= 11 is 6.12. The lowest BCUT2D eigenvalue weighted by Crippen LogP contribution is -2.50. The Balaban J connectivity index is 2.27. The average Bonchev–Trinajstić information content (AvgIpc) is 2.68. The number of alkyl halides is 1. The van der Waals surface area contributed by atoms with Gasteiger partial charge >= 0.3 is 0 Å². The van der Waals surface area contributed by atoms with Gasteiger partial charge < -0.3 is 9.53 Å². The highest BCUT2D eigenvalue weighted by Crippen LogP contribution is 2.37. The van der Waals surface area contributed by atoms with Crippen LogP contribution in [0.5, 0.6) is 0 Å². The number of hydrogen-bond acceptors (Lipinski definition) is 3. The third-order valence-corrected chi connectivity index (χ3v) is 10.8. The van der Waals surface area contributed by atoms with Crippen LogP contribution >= 0.6 is 11.6 Å². The predicted octanol–water partition coefficient (Wildman–Crippen LogP) is 5.68. The minimum Gasteiger partial charge on any atom is -0.415 e. The van der Waals surface area contributed by atoms with Crippen molar-refractivity contribution in [1.29, 1.82) is 0 Å². The highest BCUT2D eigenvalue weighted by Gasteiger charge is 2.39. The molecule has 3 nitrogen and oxygen atoms in total. The molecule has 0 aromatic heterocycles. The van der Waals surface area contributed by atoms with E-state index in [9.17, 15) is 5.11 Å². The summed E-state index contributed by atoms with van der Waals surface area (Å²) in [6, 6.07) is 20.6. The molecule has 2 aromatic carbocycles. The standard InChI is InChI=1S/C24H36ClNO2Si/c1-24(2,3)29(4,5)28-19-22(23(27)16-25)26(17-20-12-8-6-9-13-20)18-21-14-10-7-11-15-21/h6-15,22-23,27H,16-19H2,1-5H3/t22-,23-/m0/s1. The molecule has 0 saturated heterocycles. The first kappa shape index (κ1) is 24.1. The molecule has 0 aliphatic heterocycles. The Kier molecular flexibility index (Phi) is 8.92. The summed E-state index contributed by atoms with van der Waals surface area (Å²) in [6.07, 6.45) is -0.658. The van der Waals surface area contributed by atoms with Crippen LogP contribution in [0, 0.1) is 0 Å². The molecule has 160 valence electrons. The fourth-order valence-corrected chi connectivity index (χ4v) is 4.23. The number of benzene rings is 2. The molecule has 0 aliphatic rings. The van der Waals surface area contributed by atoms with Crippen LogP contribution in [0.4, 0.5) is 0 Å². The second-order valence-corrected chi connectivity index (χ2v) is 14.4. The van der Waals surface area contributed by atoms with Gasteiger partial charge in [-0.25, -0.2) is 0 Å². The minimum absolute atomic E-state index is 0.118. The molecule has 0 fully saturated rings. The largest absolute Gasteiger partial charge is 0.415 e. The van der Waals surface area contributed by atoms with Crippen molar-refractivity contribution >= 4 is 19.9 Å². The van der Waals surface area contributed by atoms with Crippen molar-refractivity contribution < 1.29 is 9.53 Å². The molecule has 0 spiro atoms. The van der Waals surface area contributed by atoms with E-state index in [-0.39, 0.29) is 17.0 Å². The topological polar surface area (TPSA) is 32.7 Å². The van der Waals surface area contributed by atoms with Gasteiger partial charge in [-0.2, -0.15) is 0 Å². The average molecular weight is 434 g/mol. The molecule has 5 heteroatoms. The molecule has 0 amide bonds. The lowest BCUT2D eigenvalue weighted by Gasteiger charge is -2.40. The van der Waals surface area contributed by atoms with Crippen molar-refractivity contribution in [2.24, 2.45) is 0 Å². The monoisotopic (exact) mass is 433 g/mol. The molecule has 0 heterocycles. The van der Waals surface area contributed by atoms with E-state index in [1.807, 2.05) is 12.1 Å². The first-order valence-electron chi connectivity index (χ1n) is 10.3. The van der Waals surface area contributed by atoms with Gasteiger partial charge in [-0.1, -0.05) is 81.4 Å². The highest BCUT2D eigenvalue weighted by molar-refractivity contribution is 6.74. The van der Waals surface area contributed by atoms with Crippen molar-refractivity contribution in [3.05, 3.63) is 71.8 Å². The first-order chi connectivity index (χ1) is 13.6. The molecular formula is C24H36ClNO2Si. The van der Waals surface area contributed by atoms with Gasteiger partial charge in [0.1, 0.15) is 0 Å². The van der Waals surface area contributed by atoms with Crippen LogP contribution in [0.3, 0.4) is 0 Å². The van der Waals surface area contributed by atoms with Crippen LogP contribution in [-0.4, -0.2) is 43.0 Å². The SMILES string of the molecule is CC(C)(C)[Si](C)(C)OC[C@@H]([C@@H](O)CCl)N(Cc1ccccc1)Cc1ccccc1. The lowest BCUT2D eigenvalue weighted by molar-refractivity contribution is 0.0211. The summed E-state index contributed by atoms with van der Waals surface area (Å²) in [6.45, 7) is 13.1. The molecule has 1 N–H and O–H groups in total. The van der Waals surface area contributed by atoms with Crippen molar-refractivity contribution in [1.82, 2.24) is 4.90 Å². The Morgan fingerprint density at radius 2 is 1.38 bits per heavy atom. The Morgan fingerprint density at radius 1 is 0.931 bits per heavy atom. The Hall–Kier alpha value is -1.17. The van der Waals surface area contributed by atoms with Gasteiger partial charge in [-0.05, 0) is 29.3 Å². The van der Waals surface area contributed by atoms with E-state index in [2.05, 4.69) is 87.3 Å². The van der Waals surface area contributed by atoms with Crippen molar-refractivity contribution in [2.45, 2.75) is 64.1 Å². The molecule has 0 saturated carbocycles. The van der Waals surface area contributed by atoms with Gasteiger partial charge in [0.25, 0.3) is 0 Å². The zero-order chi connectivity index (χ0) is 21.5. The van der Waals surface area contributed by atoms with Gasteiger partial charge in [0, 0.05) is 19.0 Å². The maximum atomic E-state index is 10.8. The fraction of sp³-hybridized carbons (Fsp3) is 0.500. The summed E-state index contributed by atoms with van der Waals surface area (Å²) in [4.78, 5) is 2.30. The number of aliphatic hydroxyl groups is 1. The Labute approximate surface area is 182 Å². The maximum Gasteiger partial charge on any atom is 0.192 e. The van der Waals surface area contributed by atoms with Gasteiger partial charge in [0.15, 0.2) is 8.32 Å². The van der Waals surface area contributed by atoms with Crippen LogP contribution in [0.1, 0.15) is 31.9 Å². The van der Waals surface area contributed by atoms with Crippen molar-refractivity contribution in [3.8, 4) is 0 Å². The predicted molar refractivity (Wildman–Crippen MR) is 126 cm³/mol. The third-order valence-electron chi connectivity index (χ3n) is 5.95. The van der Waals surface area contributed by atoms with E-state index in [1.165, 1.54) is 11.1 Å². The van der Waals surface area contributed by atoms with Gasteiger partial charge in [-0.15, -0.1) is 11.6 Å². The summed E-state index contributed by atoms with van der Waals surface area (Å²) in [7, 11) is -1.94. The number of rotatable bonds is 10. The Morgan fingerprint density at radius 3 is 1.76 bits per heavy atom. The summed E-state index contributed by atoms with van der Waals surface area (Å²) in [5.41, 5.74) is 2.42. The number of aliphatic hydroxyl groups excluding tert-OH is 1. The van der Waals surface area contributed by atoms with E-state index in [1.54, 1.807) is 0 Å². The normalized spacial score (nSPS) is 14.8. The van der Waals surface area contributed by atoms with Crippen LogP contribution in [-0.2, 0) is 17.5 Å². The number of halogens is 1. The summed E-state index contributed by atoms with van der Waals surface area (Å²) in [5.74, 6) is 0.186. The molecular weight excluding hydrogens is 398 g/mol. The first-order valence-corrected chi connectivity index (χ1v) is 13.8. The number of hydrogen-bond donors (Lipinski definition) is 1. The zero-order valence-corrected chi connectivity index (χ0v) is 20.2. The van der Waals surface area contributed by atoms with E-state index in [4.69, 9.17) is 16.0 Å². The highest BCUT2D eigenvalue weighted by atomic mass is 35.5. The zero-order valence-electron chi connectivity index (χ0n) is 18.4. The second kappa shape index (κ2) is 10.7. The smallest absolute Gasteiger partial charge is 0.192 e. The Bertz CT molecular complexity index is 677. The minimum atomic E-state index is -1.94. The van der Waals surface area contributed by atoms with Crippen molar-refractivity contribution in [2.75, 3.05) is 12.5 Å². The van der Waals surface area contributed by atoms with E-state index < -0.39 is 14.4 Å². The summed E-state index contributed by atoms with van der Waals surface area (Å²) < 4.78 is 6.51. The van der Waals surface area contributed by atoms with Crippen LogP contribution in [0.15, 0.2) is 60.7 Å². The van der Waals surface area contributed by atoms with Gasteiger partial charge in [0.2, 0.25) is 0 Å². The molecule has 0 unspecified atom stereocenters. The second-order valence-electron chi connectivity index (χ2n) is 9.24. The molecule has 2 aromatic rings. The van der Waals surface area contributed by atoms with E-state index >= 15 is 0 Å². The molecule has 2 atom stereocenters. The van der Waals surface area contributed by atoms with Crippen LogP contribution in [0.25, 0.3) is 0 Å². The van der Waals surface area contributed by atoms with Crippen LogP contribution in [0.2, 0.25) is 18.1 Å². The fourth-order valence-electron chi connectivity index (χ4n) is 3.00. The van der Waals surface area contributed by atoms with Gasteiger partial charge in [-0.3, -0.25) is 4.90 Å². The third kappa shape index (κ3) is 7.23.